The highest BCUT2D eigenvalue weighted by atomic mass is 16.1. The summed E-state index contributed by atoms with van der Waals surface area (Å²) in [5.41, 5.74) is 5.09. The minimum Gasteiger partial charge on any atom is -0.386 e. The number of fused-ring (bicyclic) bond motifs is 1. The maximum atomic E-state index is 10.8. The molecule has 1 heterocycles. The molecule has 0 unspecified atom stereocenters. The van der Waals surface area contributed by atoms with E-state index in [1.807, 2.05) is 50.5 Å². The van der Waals surface area contributed by atoms with Gasteiger partial charge in [-0.1, -0.05) is 30.3 Å². The summed E-state index contributed by atoms with van der Waals surface area (Å²) in [4.78, 5) is 15.4. The SMILES string of the molecule is CNc1cccc(-c2cnc3ccccc3c2)c1N[C@H](C)CC=O. The topological polar surface area (TPSA) is 54.0 Å². The zero-order valence-corrected chi connectivity index (χ0v) is 13.9. The average Bonchev–Trinajstić information content (AvgIpc) is 2.61. The van der Waals surface area contributed by atoms with Crippen LogP contribution < -0.4 is 10.6 Å². The number of benzene rings is 2. The lowest BCUT2D eigenvalue weighted by Gasteiger charge is -2.20. The summed E-state index contributed by atoms with van der Waals surface area (Å²) in [6.07, 6.45) is 3.30. The minimum absolute atomic E-state index is 0.0594. The first kappa shape index (κ1) is 16.0. The van der Waals surface area contributed by atoms with E-state index in [0.29, 0.717) is 6.42 Å². The minimum atomic E-state index is 0.0594. The molecule has 0 aliphatic heterocycles. The van der Waals surface area contributed by atoms with Crippen molar-refractivity contribution in [3.63, 3.8) is 0 Å². The van der Waals surface area contributed by atoms with Crippen LogP contribution in [-0.4, -0.2) is 24.4 Å². The zero-order chi connectivity index (χ0) is 16.9. The summed E-state index contributed by atoms with van der Waals surface area (Å²) in [5, 5.41) is 7.78. The van der Waals surface area contributed by atoms with Crippen molar-refractivity contribution in [3.8, 4) is 11.1 Å². The van der Waals surface area contributed by atoms with Crippen molar-refractivity contribution in [1.29, 1.82) is 0 Å². The van der Waals surface area contributed by atoms with Crippen molar-refractivity contribution in [2.45, 2.75) is 19.4 Å². The summed E-state index contributed by atoms with van der Waals surface area (Å²) in [7, 11) is 1.90. The molecular weight excluding hydrogens is 298 g/mol. The summed E-state index contributed by atoms with van der Waals surface area (Å²) in [6.45, 7) is 2.00. The molecule has 4 heteroatoms. The van der Waals surface area contributed by atoms with Gasteiger partial charge in [0, 0.05) is 42.2 Å². The molecule has 0 bridgehead atoms. The fourth-order valence-corrected chi connectivity index (χ4v) is 2.82. The number of carbonyl (C=O) groups excluding carboxylic acids is 1. The van der Waals surface area contributed by atoms with E-state index in [-0.39, 0.29) is 6.04 Å². The molecule has 0 amide bonds. The van der Waals surface area contributed by atoms with E-state index in [1.54, 1.807) is 0 Å². The number of nitrogens with one attached hydrogen (secondary N) is 2. The molecule has 0 saturated heterocycles. The normalized spacial score (nSPS) is 11.9. The summed E-state index contributed by atoms with van der Waals surface area (Å²) < 4.78 is 0. The Labute approximate surface area is 141 Å². The van der Waals surface area contributed by atoms with Crippen molar-refractivity contribution in [2.24, 2.45) is 0 Å². The van der Waals surface area contributed by atoms with E-state index in [1.165, 1.54) is 0 Å². The molecule has 0 aliphatic rings. The van der Waals surface area contributed by atoms with Crippen LogP contribution in [0.4, 0.5) is 11.4 Å². The van der Waals surface area contributed by atoms with E-state index in [2.05, 4.69) is 33.8 Å². The van der Waals surface area contributed by atoms with Gasteiger partial charge in [-0.3, -0.25) is 4.98 Å². The molecule has 0 fully saturated rings. The Kier molecular flexibility index (Phi) is 4.75. The van der Waals surface area contributed by atoms with Crippen LogP contribution in [0.15, 0.2) is 54.7 Å². The van der Waals surface area contributed by atoms with Gasteiger partial charge in [0.15, 0.2) is 0 Å². The van der Waals surface area contributed by atoms with Crippen LogP contribution in [0.3, 0.4) is 0 Å². The van der Waals surface area contributed by atoms with Gasteiger partial charge in [0.1, 0.15) is 6.29 Å². The van der Waals surface area contributed by atoms with Crippen molar-refractivity contribution < 1.29 is 4.79 Å². The van der Waals surface area contributed by atoms with Crippen LogP contribution >= 0.6 is 0 Å². The lowest BCUT2D eigenvalue weighted by atomic mass is 10.0. The van der Waals surface area contributed by atoms with Gasteiger partial charge in [-0.2, -0.15) is 0 Å². The van der Waals surface area contributed by atoms with Crippen LogP contribution in [0.2, 0.25) is 0 Å². The maximum Gasteiger partial charge on any atom is 0.122 e. The van der Waals surface area contributed by atoms with Crippen LogP contribution in [0.25, 0.3) is 22.0 Å². The third kappa shape index (κ3) is 3.23. The number of aldehydes is 1. The second kappa shape index (κ2) is 7.13. The van der Waals surface area contributed by atoms with Gasteiger partial charge in [-0.15, -0.1) is 0 Å². The van der Waals surface area contributed by atoms with E-state index in [9.17, 15) is 4.79 Å². The average molecular weight is 319 g/mol. The summed E-state index contributed by atoms with van der Waals surface area (Å²) >= 11 is 0. The van der Waals surface area contributed by atoms with E-state index in [4.69, 9.17) is 0 Å². The summed E-state index contributed by atoms with van der Waals surface area (Å²) in [5.74, 6) is 0. The highest BCUT2D eigenvalue weighted by Gasteiger charge is 2.13. The van der Waals surface area contributed by atoms with E-state index >= 15 is 0 Å². The molecule has 1 atom stereocenters. The number of pyridine rings is 1. The largest absolute Gasteiger partial charge is 0.386 e. The third-order valence-electron chi connectivity index (χ3n) is 4.08. The number of carbonyl (C=O) groups is 1. The summed E-state index contributed by atoms with van der Waals surface area (Å²) in [6, 6.07) is 16.4. The number of nitrogens with zero attached hydrogens (tertiary/aromatic N) is 1. The Balaban J connectivity index is 2.09. The lowest BCUT2D eigenvalue weighted by molar-refractivity contribution is -0.107. The first-order chi connectivity index (χ1) is 11.7. The van der Waals surface area contributed by atoms with E-state index in [0.717, 1.165) is 39.7 Å². The molecule has 3 aromatic rings. The zero-order valence-electron chi connectivity index (χ0n) is 13.9. The predicted molar refractivity (Wildman–Crippen MR) is 100 cm³/mol. The van der Waals surface area contributed by atoms with Gasteiger partial charge in [0.05, 0.1) is 16.9 Å². The number of hydrogen-bond donors (Lipinski definition) is 2. The Morgan fingerprint density at radius 1 is 1.17 bits per heavy atom. The maximum absolute atomic E-state index is 10.8. The van der Waals surface area contributed by atoms with Crippen LogP contribution in [0.5, 0.6) is 0 Å². The second-order valence-corrected chi connectivity index (χ2v) is 5.84. The fourth-order valence-electron chi connectivity index (χ4n) is 2.82. The molecule has 122 valence electrons. The fraction of sp³-hybridized carbons (Fsp3) is 0.200. The molecule has 24 heavy (non-hydrogen) atoms. The van der Waals surface area contributed by atoms with Gasteiger partial charge < -0.3 is 15.4 Å². The Morgan fingerprint density at radius 2 is 2.00 bits per heavy atom. The van der Waals surface area contributed by atoms with Crippen LogP contribution in [-0.2, 0) is 4.79 Å². The quantitative estimate of drug-likeness (QED) is 0.664. The number of hydrogen-bond acceptors (Lipinski definition) is 4. The Bertz CT molecular complexity index is 860. The standard InChI is InChI=1S/C20H21N3O/c1-14(10-11-24)23-20-17(7-5-9-19(20)21-2)16-12-15-6-3-4-8-18(15)22-13-16/h3-9,11-14,21,23H,10H2,1-2H3/t14-/m1/s1. The molecule has 0 spiro atoms. The van der Waals surface area contributed by atoms with E-state index < -0.39 is 0 Å². The molecule has 2 aromatic carbocycles. The molecular formula is C20H21N3O. The number of para-hydroxylation sites is 2. The molecule has 1 aromatic heterocycles. The number of anilines is 2. The van der Waals surface area contributed by atoms with Crippen molar-refractivity contribution in [1.82, 2.24) is 4.98 Å². The van der Waals surface area contributed by atoms with Crippen LogP contribution in [0, 0.1) is 0 Å². The molecule has 0 radical (unpaired) electrons. The number of rotatable bonds is 6. The predicted octanol–water partition coefficient (Wildman–Crippen LogP) is 4.33. The third-order valence-corrected chi connectivity index (χ3v) is 4.08. The second-order valence-electron chi connectivity index (χ2n) is 5.84. The lowest BCUT2D eigenvalue weighted by Crippen LogP contribution is -2.17. The Hall–Kier alpha value is -2.88. The first-order valence-electron chi connectivity index (χ1n) is 8.09. The van der Waals surface area contributed by atoms with Gasteiger partial charge in [0.25, 0.3) is 0 Å². The molecule has 4 nitrogen and oxygen atoms in total. The molecule has 0 aliphatic carbocycles. The molecule has 3 rings (SSSR count). The van der Waals surface area contributed by atoms with Gasteiger partial charge >= 0.3 is 0 Å². The molecule has 2 N–H and O–H groups in total. The smallest absolute Gasteiger partial charge is 0.122 e. The van der Waals surface area contributed by atoms with Crippen molar-refractivity contribution in [3.05, 3.63) is 54.7 Å². The highest BCUT2D eigenvalue weighted by Crippen LogP contribution is 2.35. The van der Waals surface area contributed by atoms with Gasteiger partial charge in [-0.25, -0.2) is 0 Å². The van der Waals surface area contributed by atoms with Crippen LogP contribution in [0.1, 0.15) is 13.3 Å². The Morgan fingerprint density at radius 3 is 2.79 bits per heavy atom. The van der Waals surface area contributed by atoms with Crippen molar-refractivity contribution in [2.75, 3.05) is 17.7 Å². The first-order valence-corrected chi connectivity index (χ1v) is 8.09. The number of aromatic nitrogens is 1. The monoisotopic (exact) mass is 319 g/mol. The van der Waals surface area contributed by atoms with Gasteiger partial charge in [-0.05, 0) is 25.1 Å². The highest BCUT2D eigenvalue weighted by molar-refractivity contribution is 5.91. The molecule has 0 saturated carbocycles. The van der Waals surface area contributed by atoms with Gasteiger partial charge in [0.2, 0.25) is 0 Å². The van der Waals surface area contributed by atoms with Crippen molar-refractivity contribution >= 4 is 28.6 Å².